The maximum atomic E-state index is 9.55. The molecule has 12 heavy (non-hydrogen) atoms. The molecule has 0 fully saturated rings. The summed E-state index contributed by atoms with van der Waals surface area (Å²) in [5.41, 5.74) is 2.21. The van der Waals surface area contributed by atoms with Crippen molar-refractivity contribution in [3.8, 4) is 5.75 Å². The number of hydrogen-bond donors (Lipinski definition) is 1. The monoisotopic (exact) mass is 164 g/mol. The molecule has 2 rings (SSSR count). The lowest BCUT2D eigenvalue weighted by Crippen LogP contribution is -1.95. The smallest absolute Gasteiger partial charge is 0.121 e. The Morgan fingerprint density at radius 3 is 3.08 bits per heavy atom. The maximum Gasteiger partial charge on any atom is 0.121 e. The van der Waals surface area contributed by atoms with Crippen molar-refractivity contribution < 1.29 is 9.84 Å². The molecule has 2 heteroatoms. The lowest BCUT2D eigenvalue weighted by Gasteiger charge is -2.10. The van der Waals surface area contributed by atoms with Crippen LogP contribution in [0.3, 0.4) is 0 Å². The zero-order valence-corrected chi connectivity index (χ0v) is 7.08. The summed E-state index contributed by atoms with van der Waals surface area (Å²) in [6, 6.07) is 5.65. The van der Waals surface area contributed by atoms with Crippen molar-refractivity contribution in [2.45, 2.75) is 18.9 Å². The highest BCUT2D eigenvalue weighted by molar-refractivity contribution is 5.43. The Kier molecular flexibility index (Phi) is 1.77. The van der Waals surface area contributed by atoms with Crippen LogP contribution in [0.15, 0.2) is 18.2 Å². The van der Waals surface area contributed by atoms with Crippen LogP contribution in [-0.2, 0) is 11.2 Å². The first-order valence-corrected chi connectivity index (χ1v) is 4.16. The van der Waals surface area contributed by atoms with Gasteiger partial charge in [0.2, 0.25) is 0 Å². The summed E-state index contributed by atoms with van der Waals surface area (Å²) in [5.74, 6) is 0.372. The highest BCUT2D eigenvalue weighted by Crippen LogP contribution is 2.38. The van der Waals surface area contributed by atoms with Gasteiger partial charge in [-0.25, -0.2) is 0 Å². The summed E-state index contributed by atoms with van der Waals surface area (Å²) >= 11 is 0. The molecule has 0 aromatic heterocycles. The Hall–Kier alpha value is -1.02. The Morgan fingerprint density at radius 2 is 2.33 bits per heavy atom. The number of ether oxygens (including phenoxy) is 1. The van der Waals surface area contributed by atoms with Crippen LogP contribution in [0.1, 0.15) is 23.7 Å². The molecule has 0 amide bonds. The Labute approximate surface area is 71.8 Å². The minimum absolute atomic E-state index is 0.0983. The Balaban J connectivity index is 2.48. The molecule has 0 radical (unpaired) electrons. The van der Waals surface area contributed by atoms with Crippen molar-refractivity contribution in [2.24, 2.45) is 0 Å². The highest BCUT2D eigenvalue weighted by atomic mass is 16.5. The number of methoxy groups -OCH3 is 1. The van der Waals surface area contributed by atoms with Crippen LogP contribution in [0.4, 0.5) is 0 Å². The second-order valence-electron chi connectivity index (χ2n) is 3.11. The number of phenolic OH excluding ortho intramolecular Hbond substituents is 1. The zero-order chi connectivity index (χ0) is 8.55. The van der Waals surface area contributed by atoms with Gasteiger partial charge in [-0.2, -0.15) is 0 Å². The predicted octanol–water partition coefficient (Wildman–Crippen LogP) is 2.03. The standard InChI is InChI=1S/C10H12O2/c1-12-9-6-5-7-3-2-4-8(11)10(7)9/h2-4,9,11H,5-6H2,1H3. The van der Waals surface area contributed by atoms with Gasteiger partial charge in [-0.1, -0.05) is 12.1 Å². The number of rotatable bonds is 1. The van der Waals surface area contributed by atoms with Crippen LogP contribution in [0.5, 0.6) is 5.75 Å². The summed E-state index contributed by atoms with van der Waals surface area (Å²) in [5, 5.41) is 9.55. The predicted molar refractivity (Wildman–Crippen MR) is 46.2 cm³/mol. The largest absolute Gasteiger partial charge is 0.508 e. The number of benzene rings is 1. The molecule has 1 unspecified atom stereocenters. The van der Waals surface area contributed by atoms with Gasteiger partial charge in [-0.15, -0.1) is 0 Å². The topological polar surface area (TPSA) is 29.5 Å². The van der Waals surface area contributed by atoms with Crippen molar-refractivity contribution in [2.75, 3.05) is 7.11 Å². The van der Waals surface area contributed by atoms with Gasteiger partial charge in [0.05, 0.1) is 6.10 Å². The van der Waals surface area contributed by atoms with E-state index < -0.39 is 0 Å². The SMILES string of the molecule is COC1CCc2cccc(O)c21. The molecule has 1 atom stereocenters. The molecular weight excluding hydrogens is 152 g/mol. The molecule has 0 aliphatic heterocycles. The number of hydrogen-bond acceptors (Lipinski definition) is 2. The molecule has 0 saturated heterocycles. The maximum absolute atomic E-state index is 9.55. The molecule has 1 aromatic rings. The fourth-order valence-corrected chi connectivity index (χ4v) is 1.86. The van der Waals surface area contributed by atoms with Gasteiger partial charge in [-0.05, 0) is 24.5 Å². The zero-order valence-electron chi connectivity index (χ0n) is 7.08. The van der Waals surface area contributed by atoms with Crippen LogP contribution >= 0.6 is 0 Å². The van der Waals surface area contributed by atoms with Crippen LogP contribution in [-0.4, -0.2) is 12.2 Å². The van der Waals surface area contributed by atoms with Gasteiger partial charge in [0.25, 0.3) is 0 Å². The molecule has 0 heterocycles. The fraction of sp³-hybridized carbons (Fsp3) is 0.400. The summed E-state index contributed by atoms with van der Waals surface area (Å²) in [4.78, 5) is 0. The van der Waals surface area contributed by atoms with E-state index >= 15 is 0 Å². The van der Waals surface area contributed by atoms with E-state index in [-0.39, 0.29) is 6.10 Å². The molecule has 1 aliphatic carbocycles. The Morgan fingerprint density at radius 1 is 1.50 bits per heavy atom. The first-order valence-electron chi connectivity index (χ1n) is 4.16. The molecule has 1 aromatic carbocycles. The number of aryl methyl sites for hydroxylation is 1. The molecule has 2 nitrogen and oxygen atoms in total. The van der Waals surface area contributed by atoms with Gasteiger partial charge in [0.15, 0.2) is 0 Å². The van der Waals surface area contributed by atoms with Crippen LogP contribution in [0.2, 0.25) is 0 Å². The van der Waals surface area contributed by atoms with E-state index in [9.17, 15) is 5.11 Å². The van der Waals surface area contributed by atoms with E-state index in [1.165, 1.54) is 5.56 Å². The lowest BCUT2D eigenvalue weighted by molar-refractivity contribution is 0.103. The van der Waals surface area contributed by atoms with Crippen LogP contribution in [0, 0.1) is 0 Å². The van der Waals surface area contributed by atoms with Crippen molar-refractivity contribution in [1.29, 1.82) is 0 Å². The van der Waals surface area contributed by atoms with Gasteiger partial charge < -0.3 is 9.84 Å². The minimum Gasteiger partial charge on any atom is -0.508 e. The Bertz CT molecular complexity index is 294. The second-order valence-corrected chi connectivity index (χ2v) is 3.11. The minimum atomic E-state index is 0.0983. The second kappa shape index (κ2) is 2.79. The van der Waals surface area contributed by atoms with Gasteiger partial charge in [-0.3, -0.25) is 0 Å². The summed E-state index contributed by atoms with van der Waals surface area (Å²) in [6.07, 6.45) is 2.10. The van der Waals surface area contributed by atoms with Gasteiger partial charge in [0, 0.05) is 12.7 Å². The molecule has 0 bridgehead atoms. The molecule has 0 spiro atoms. The van der Waals surface area contributed by atoms with Crippen molar-refractivity contribution in [1.82, 2.24) is 0 Å². The van der Waals surface area contributed by atoms with Crippen molar-refractivity contribution in [3.63, 3.8) is 0 Å². The third kappa shape index (κ3) is 0.994. The van der Waals surface area contributed by atoms with E-state index in [4.69, 9.17) is 4.74 Å². The van der Waals surface area contributed by atoms with Crippen LogP contribution in [0.25, 0.3) is 0 Å². The van der Waals surface area contributed by atoms with E-state index in [0.717, 1.165) is 18.4 Å². The number of phenols is 1. The summed E-state index contributed by atoms with van der Waals surface area (Å²) < 4.78 is 5.26. The third-order valence-electron chi connectivity index (χ3n) is 2.46. The normalized spacial score (nSPS) is 20.9. The van der Waals surface area contributed by atoms with Gasteiger partial charge in [0.1, 0.15) is 5.75 Å². The highest BCUT2D eigenvalue weighted by Gasteiger charge is 2.24. The summed E-state index contributed by atoms with van der Waals surface area (Å²) in [7, 11) is 1.69. The lowest BCUT2D eigenvalue weighted by atomic mass is 10.1. The molecule has 0 saturated carbocycles. The fourth-order valence-electron chi connectivity index (χ4n) is 1.86. The molecular formula is C10H12O2. The molecule has 1 N–H and O–H groups in total. The van der Waals surface area contributed by atoms with E-state index in [1.54, 1.807) is 13.2 Å². The number of fused-ring (bicyclic) bond motifs is 1. The number of aromatic hydroxyl groups is 1. The quantitative estimate of drug-likeness (QED) is 0.688. The molecule has 64 valence electrons. The van der Waals surface area contributed by atoms with Crippen molar-refractivity contribution in [3.05, 3.63) is 29.3 Å². The van der Waals surface area contributed by atoms with Crippen molar-refractivity contribution >= 4 is 0 Å². The summed E-state index contributed by atoms with van der Waals surface area (Å²) in [6.45, 7) is 0. The first-order chi connectivity index (χ1) is 5.83. The average Bonchev–Trinajstić information content (AvgIpc) is 2.49. The van der Waals surface area contributed by atoms with Gasteiger partial charge >= 0.3 is 0 Å². The third-order valence-corrected chi connectivity index (χ3v) is 2.46. The van der Waals surface area contributed by atoms with E-state index in [1.807, 2.05) is 12.1 Å². The first kappa shape index (κ1) is 7.62. The molecule has 1 aliphatic rings. The van der Waals surface area contributed by atoms with E-state index in [0.29, 0.717) is 5.75 Å². The average molecular weight is 164 g/mol. The van der Waals surface area contributed by atoms with Crippen LogP contribution < -0.4 is 0 Å². The van der Waals surface area contributed by atoms with E-state index in [2.05, 4.69) is 0 Å².